The topological polar surface area (TPSA) is 82.2 Å². The van der Waals surface area contributed by atoms with Gasteiger partial charge < -0.3 is 9.64 Å². The highest BCUT2D eigenvalue weighted by molar-refractivity contribution is 14.1. The van der Waals surface area contributed by atoms with Gasteiger partial charge in [0.1, 0.15) is 5.25 Å². The summed E-state index contributed by atoms with van der Waals surface area (Å²) in [6.07, 6.45) is 18.1. The van der Waals surface area contributed by atoms with Crippen LogP contribution in [0.1, 0.15) is 26.2 Å². The van der Waals surface area contributed by atoms with Crippen molar-refractivity contribution in [1.29, 1.82) is 0 Å². The molecule has 3 aliphatic heterocycles. The van der Waals surface area contributed by atoms with Crippen molar-refractivity contribution in [2.45, 2.75) is 55.7 Å². The summed E-state index contributed by atoms with van der Waals surface area (Å²) in [6.45, 7) is 7.00. The van der Waals surface area contributed by atoms with Crippen molar-refractivity contribution in [2.75, 3.05) is 39.3 Å². The van der Waals surface area contributed by atoms with Gasteiger partial charge in [-0.3, -0.25) is 9.69 Å². The fourth-order valence-corrected chi connectivity index (χ4v) is 8.53. The third-order valence-corrected chi connectivity index (χ3v) is 10.4. The highest BCUT2D eigenvalue weighted by Gasteiger charge is 2.39. The van der Waals surface area contributed by atoms with Gasteiger partial charge in [-0.1, -0.05) is 48.6 Å². The Hall–Kier alpha value is -1.31. The number of allylic oxidation sites excluding steroid dienone is 2. The molecule has 3 heterocycles. The van der Waals surface area contributed by atoms with Crippen molar-refractivity contribution in [3.63, 3.8) is 0 Å². The average Bonchev–Trinajstić information content (AvgIpc) is 3.37. The maximum Gasteiger partial charge on any atom is 0.253 e. The molecule has 4 unspecified atom stereocenters. The van der Waals surface area contributed by atoms with Crippen LogP contribution in [0.3, 0.4) is 0 Å². The number of nitrogens with zero attached hydrogens (tertiary/aromatic N) is 3. The second kappa shape index (κ2) is 11.2. The minimum atomic E-state index is -3.62. The number of carbonyl (C=O) groups excluding carboxylic acids is 1. The lowest BCUT2D eigenvalue weighted by Gasteiger charge is -2.41. The Kier molecular flexibility index (Phi) is 8.19. The molecule has 2 saturated heterocycles. The summed E-state index contributed by atoms with van der Waals surface area (Å²) in [6, 6.07) is -0.449. The smallest absolute Gasteiger partial charge is 0.253 e. The molecule has 36 heavy (non-hydrogen) atoms. The van der Waals surface area contributed by atoms with E-state index in [2.05, 4.69) is 39.4 Å². The summed E-state index contributed by atoms with van der Waals surface area (Å²) in [4.78, 5) is 17.6. The SMILES string of the molecule is C[C@@H]1CN(CC2CCCO2)CCN1C(=O)C1=CCC(NS(=O)(=O)C2C=CC=C3C=CCN(I)C32)C=C1. The zero-order valence-corrected chi connectivity index (χ0v) is 23.6. The highest BCUT2D eigenvalue weighted by Crippen LogP contribution is 2.31. The van der Waals surface area contributed by atoms with Crippen LogP contribution < -0.4 is 4.72 Å². The molecule has 5 aliphatic rings. The van der Waals surface area contributed by atoms with E-state index >= 15 is 0 Å². The van der Waals surface area contributed by atoms with E-state index in [1.807, 2.05) is 44.5 Å². The molecule has 0 aromatic heterocycles. The van der Waals surface area contributed by atoms with Gasteiger partial charge in [-0.25, -0.2) is 16.3 Å². The molecule has 0 aromatic carbocycles. The van der Waals surface area contributed by atoms with Crippen LogP contribution in [0.4, 0.5) is 0 Å². The van der Waals surface area contributed by atoms with E-state index < -0.39 is 15.3 Å². The second-order valence-corrected chi connectivity index (χ2v) is 13.3. The quantitative estimate of drug-likeness (QED) is 0.360. The number of sulfonamides is 1. The lowest BCUT2D eigenvalue weighted by atomic mass is 9.96. The van der Waals surface area contributed by atoms with Crippen LogP contribution in [0.15, 0.2) is 59.8 Å². The Balaban J connectivity index is 1.16. The Bertz CT molecular complexity index is 1110. The van der Waals surface area contributed by atoms with Gasteiger partial charge in [-0.2, -0.15) is 0 Å². The van der Waals surface area contributed by atoms with Crippen LogP contribution in [0.25, 0.3) is 0 Å². The van der Waals surface area contributed by atoms with Crippen molar-refractivity contribution >= 4 is 38.8 Å². The molecular weight excluding hydrogens is 591 g/mol. The fourth-order valence-electron chi connectivity index (χ4n) is 5.72. The molecular formula is C26H35IN4O4S. The van der Waals surface area contributed by atoms with Crippen LogP contribution in [0.5, 0.6) is 0 Å². The van der Waals surface area contributed by atoms with Crippen LogP contribution in [0, 0.1) is 0 Å². The first-order chi connectivity index (χ1) is 17.3. The standard InChI is InChI=1S/C26H35IN4O4S/c1-19-17-29(18-23-7-4-16-35-23)14-15-30(19)26(32)21-9-11-22(12-10-21)28-36(33,34)24-8-2-5-20-6-3-13-31(27)25(20)24/h2-3,5-6,8-11,19,22-25,28H,4,7,12-18H2,1H3/t19-,22?,23?,24?,25?/m1/s1. The normalized spacial score (nSPS) is 33.4. The van der Waals surface area contributed by atoms with Gasteiger partial charge in [-0.15, -0.1) is 0 Å². The Labute approximate surface area is 228 Å². The lowest BCUT2D eigenvalue weighted by Crippen LogP contribution is -2.55. The second-order valence-electron chi connectivity index (χ2n) is 10.2. The molecule has 196 valence electrons. The van der Waals surface area contributed by atoms with Crippen molar-refractivity contribution < 1.29 is 17.9 Å². The zero-order valence-electron chi connectivity index (χ0n) is 20.6. The number of hydrogen-bond donors (Lipinski definition) is 1. The van der Waals surface area contributed by atoms with E-state index in [1.54, 1.807) is 12.2 Å². The van der Waals surface area contributed by atoms with E-state index in [0.29, 0.717) is 31.2 Å². The van der Waals surface area contributed by atoms with Crippen LogP contribution in [-0.2, 0) is 19.6 Å². The minimum absolute atomic E-state index is 0.0244. The number of hydrogen-bond acceptors (Lipinski definition) is 6. The number of piperazine rings is 1. The van der Waals surface area contributed by atoms with Crippen LogP contribution in [0.2, 0.25) is 0 Å². The van der Waals surface area contributed by atoms with Gasteiger partial charge in [0, 0.05) is 79.9 Å². The molecule has 0 saturated carbocycles. The largest absolute Gasteiger partial charge is 0.377 e. The maximum atomic E-state index is 13.3. The molecule has 5 rings (SSSR count). The molecule has 1 amide bonds. The number of amides is 1. The maximum absolute atomic E-state index is 13.3. The number of rotatable bonds is 6. The summed E-state index contributed by atoms with van der Waals surface area (Å²) in [7, 11) is -3.62. The van der Waals surface area contributed by atoms with Crippen molar-refractivity contribution in [3.8, 4) is 0 Å². The van der Waals surface area contributed by atoms with E-state index in [1.165, 1.54) is 0 Å². The van der Waals surface area contributed by atoms with Crippen molar-refractivity contribution in [2.24, 2.45) is 0 Å². The van der Waals surface area contributed by atoms with Gasteiger partial charge in [0.15, 0.2) is 0 Å². The summed E-state index contributed by atoms with van der Waals surface area (Å²) in [5.41, 5.74) is 1.65. The lowest BCUT2D eigenvalue weighted by molar-refractivity contribution is -0.131. The molecule has 5 atom stereocenters. The van der Waals surface area contributed by atoms with Gasteiger partial charge >= 0.3 is 0 Å². The number of nitrogens with one attached hydrogen (secondary N) is 1. The van der Waals surface area contributed by atoms with Crippen LogP contribution >= 0.6 is 22.9 Å². The third kappa shape index (κ3) is 5.73. The van der Waals surface area contributed by atoms with Crippen LogP contribution in [-0.4, -0.2) is 96.0 Å². The monoisotopic (exact) mass is 626 g/mol. The molecule has 1 N–H and O–H groups in total. The van der Waals surface area contributed by atoms with Gasteiger partial charge in [0.2, 0.25) is 10.0 Å². The average molecular weight is 627 g/mol. The third-order valence-electron chi connectivity index (χ3n) is 7.61. The number of halogens is 1. The van der Waals surface area contributed by atoms with Gasteiger partial charge in [0.05, 0.1) is 12.1 Å². The Morgan fingerprint density at radius 2 is 2.11 bits per heavy atom. The van der Waals surface area contributed by atoms with Gasteiger partial charge in [-0.05, 0) is 31.8 Å². The van der Waals surface area contributed by atoms with E-state index in [0.717, 1.165) is 44.7 Å². The number of carbonyl (C=O) groups is 1. The summed E-state index contributed by atoms with van der Waals surface area (Å²) < 4.78 is 37.3. The molecule has 2 aliphatic carbocycles. The Morgan fingerprint density at radius 3 is 2.83 bits per heavy atom. The van der Waals surface area contributed by atoms with E-state index in [4.69, 9.17) is 4.74 Å². The minimum Gasteiger partial charge on any atom is -0.377 e. The van der Waals surface area contributed by atoms with Gasteiger partial charge in [0.25, 0.3) is 5.91 Å². The molecule has 2 fully saturated rings. The predicted octanol–water partition coefficient (Wildman–Crippen LogP) is 2.33. The Morgan fingerprint density at radius 1 is 1.25 bits per heavy atom. The first kappa shape index (κ1) is 26.3. The first-order valence-electron chi connectivity index (χ1n) is 12.8. The number of fused-ring (bicyclic) bond motifs is 1. The highest BCUT2D eigenvalue weighted by atomic mass is 127. The van der Waals surface area contributed by atoms with E-state index in [-0.39, 0.29) is 24.0 Å². The predicted molar refractivity (Wildman–Crippen MR) is 149 cm³/mol. The summed E-state index contributed by atoms with van der Waals surface area (Å²) >= 11 is 2.20. The van der Waals surface area contributed by atoms with E-state index in [9.17, 15) is 13.2 Å². The molecule has 0 spiro atoms. The molecule has 10 heteroatoms. The molecule has 8 nitrogen and oxygen atoms in total. The van der Waals surface area contributed by atoms with Crippen molar-refractivity contribution in [3.05, 3.63) is 59.8 Å². The molecule has 0 bridgehead atoms. The molecule has 0 radical (unpaired) electrons. The number of ether oxygens (including phenoxy) is 1. The fraction of sp³-hybridized carbons (Fsp3) is 0.577. The first-order valence-corrected chi connectivity index (χ1v) is 15.3. The summed E-state index contributed by atoms with van der Waals surface area (Å²) in [5, 5.41) is -0.661. The molecule has 0 aromatic rings. The van der Waals surface area contributed by atoms with Crippen molar-refractivity contribution in [1.82, 2.24) is 17.6 Å². The zero-order chi connectivity index (χ0) is 25.3. The summed E-state index contributed by atoms with van der Waals surface area (Å²) in [5.74, 6) is 0.0244.